The highest BCUT2D eigenvalue weighted by molar-refractivity contribution is 7.99. The van der Waals surface area contributed by atoms with Gasteiger partial charge >= 0.3 is 12.1 Å². The van der Waals surface area contributed by atoms with Crippen molar-refractivity contribution in [1.29, 1.82) is 0 Å². The molecule has 0 aliphatic rings. The van der Waals surface area contributed by atoms with Gasteiger partial charge in [-0.1, -0.05) is 11.8 Å². The van der Waals surface area contributed by atoms with E-state index in [0.29, 0.717) is 21.0 Å². The Morgan fingerprint density at radius 3 is 2.29 bits per heavy atom. The zero-order valence-corrected chi connectivity index (χ0v) is 18.8. The number of sulfone groups is 1. The topological polar surface area (TPSA) is 64.9 Å². The molecule has 1 aromatic carbocycles. The molecule has 0 radical (unpaired) electrons. The van der Waals surface area contributed by atoms with Crippen molar-refractivity contribution in [2.24, 2.45) is 0 Å². The van der Waals surface area contributed by atoms with E-state index in [1.54, 1.807) is 30.4 Å². The zero-order chi connectivity index (χ0) is 23.1. The van der Waals surface area contributed by atoms with Crippen molar-refractivity contribution in [2.75, 3.05) is 6.26 Å². The van der Waals surface area contributed by atoms with Gasteiger partial charge in [0.1, 0.15) is 6.10 Å². The third-order valence-corrected chi connectivity index (χ3v) is 7.05. The fraction of sp³-hybridized carbons (Fsp3) is 0.286. The summed E-state index contributed by atoms with van der Waals surface area (Å²) in [5.74, 6) is -0.538. The van der Waals surface area contributed by atoms with Gasteiger partial charge in [-0.3, -0.25) is 4.79 Å². The van der Waals surface area contributed by atoms with Crippen LogP contribution in [0.5, 0.6) is 0 Å². The van der Waals surface area contributed by atoms with Crippen molar-refractivity contribution < 1.29 is 31.1 Å². The van der Waals surface area contributed by atoms with Crippen molar-refractivity contribution in [3.05, 3.63) is 59.3 Å². The fourth-order valence-electron chi connectivity index (χ4n) is 3.36. The molecule has 2 heterocycles. The lowest BCUT2D eigenvalue weighted by Crippen LogP contribution is -2.07. The molecule has 0 fully saturated rings. The predicted molar refractivity (Wildman–Crippen MR) is 111 cm³/mol. The number of esters is 1. The van der Waals surface area contributed by atoms with Gasteiger partial charge in [0, 0.05) is 29.8 Å². The summed E-state index contributed by atoms with van der Waals surface area (Å²) in [4.78, 5) is 12.3. The van der Waals surface area contributed by atoms with Crippen LogP contribution in [0.4, 0.5) is 13.2 Å². The van der Waals surface area contributed by atoms with Gasteiger partial charge < -0.3 is 9.14 Å². The van der Waals surface area contributed by atoms with Crippen LogP contribution >= 0.6 is 11.8 Å². The lowest BCUT2D eigenvalue weighted by atomic mass is 10.1. The Morgan fingerprint density at radius 2 is 1.77 bits per heavy atom. The van der Waals surface area contributed by atoms with Crippen molar-refractivity contribution in [1.82, 2.24) is 4.40 Å². The molecule has 0 saturated heterocycles. The first kappa shape index (κ1) is 23.2. The summed E-state index contributed by atoms with van der Waals surface area (Å²) in [6.45, 7) is 4.60. The number of benzene rings is 1. The van der Waals surface area contributed by atoms with Gasteiger partial charge in [-0.2, -0.15) is 13.2 Å². The monoisotopic (exact) mass is 471 g/mol. The molecule has 3 rings (SSSR count). The number of aromatic nitrogens is 1. The van der Waals surface area contributed by atoms with E-state index in [0.717, 1.165) is 18.4 Å². The molecule has 0 amide bonds. The van der Waals surface area contributed by atoms with Crippen molar-refractivity contribution in [3.63, 3.8) is 0 Å². The van der Waals surface area contributed by atoms with E-state index >= 15 is 0 Å². The molecule has 1 atom stereocenters. The molecule has 0 spiro atoms. The second-order valence-corrected chi connectivity index (χ2v) is 10.2. The summed E-state index contributed by atoms with van der Waals surface area (Å²) in [5.41, 5.74) is 0.640. The van der Waals surface area contributed by atoms with Gasteiger partial charge in [-0.05, 0) is 55.8 Å². The van der Waals surface area contributed by atoms with Crippen LogP contribution in [-0.2, 0) is 25.5 Å². The van der Waals surface area contributed by atoms with Crippen molar-refractivity contribution in [2.45, 2.75) is 47.9 Å². The Morgan fingerprint density at radius 1 is 1.16 bits per heavy atom. The van der Waals surface area contributed by atoms with Crippen molar-refractivity contribution >= 4 is 33.1 Å². The number of ether oxygens (including phenoxy) is 1. The van der Waals surface area contributed by atoms with E-state index in [1.165, 1.54) is 37.0 Å². The van der Waals surface area contributed by atoms with Gasteiger partial charge in [0.25, 0.3) is 0 Å². The average Bonchev–Trinajstić information content (AvgIpc) is 2.91. The molecule has 0 aliphatic carbocycles. The van der Waals surface area contributed by atoms with E-state index in [9.17, 15) is 26.4 Å². The highest BCUT2D eigenvalue weighted by Gasteiger charge is 2.32. The molecule has 1 unspecified atom stereocenters. The molecule has 2 aromatic heterocycles. The maximum absolute atomic E-state index is 13.3. The molecule has 10 heteroatoms. The largest absolute Gasteiger partial charge is 0.458 e. The van der Waals surface area contributed by atoms with Crippen LogP contribution in [-0.4, -0.2) is 25.0 Å². The third kappa shape index (κ3) is 4.90. The molecule has 0 N–H and O–H groups in total. The Bertz CT molecular complexity index is 1250. The average molecular weight is 472 g/mol. The first-order valence-corrected chi connectivity index (χ1v) is 11.9. The number of hydrogen-bond acceptors (Lipinski definition) is 5. The summed E-state index contributed by atoms with van der Waals surface area (Å²) in [5, 5.41) is 0.643. The smallest absolute Gasteiger partial charge is 0.416 e. The summed E-state index contributed by atoms with van der Waals surface area (Å²) >= 11 is 1.28. The first-order valence-electron chi connectivity index (χ1n) is 9.16. The molecule has 0 saturated carbocycles. The molecule has 3 aromatic rings. The summed E-state index contributed by atoms with van der Waals surface area (Å²) in [7, 11) is -3.34. The molecule has 31 heavy (non-hydrogen) atoms. The van der Waals surface area contributed by atoms with Crippen LogP contribution in [0, 0.1) is 6.92 Å². The molecular weight excluding hydrogens is 451 g/mol. The molecule has 0 bridgehead atoms. The first-order chi connectivity index (χ1) is 14.3. The summed E-state index contributed by atoms with van der Waals surface area (Å²) < 4.78 is 70.1. The van der Waals surface area contributed by atoms with E-state index < -0.39 is 33.7 Å². The highest BCUT2D eigenvalue weighted by Crippen LogP contribution is 2.41. The number of nitrogens with zero attached hydrogens (tertiary/aromatic N) is 1. The Kier molecular flexibility index (Phi) is 6.16. The van der Waals surface area contributed by atoms with Gasteiger partial charge in [0.05, 0.1) is 21.0 Å². The fourth-order valence-corrected chi connectivity index (χ4v) is 5.01. The highest BCUT2D eigenvalue weighted by atomic mass is 32.2. The number of pyridine rings is 1. The number of alkyl halides is 3. The minimum Gasteiger partial charge on any atom is -0.458 e. The van der Waals surface area contributed by atoms with Crippen LogP contribution in [0.3, 0.4) is 0 Å². The quantitative estimate of drug-likeness (QED) is 0.464. The van der Waals surface area contributed by atoms with Crippen molar-refractivity contribution in [3.8, 4) is 0 Å². The number of carbonyl (C=O) groups is 1. The van der Waals surface area contributed by atoms with E-state index in [4.69, 9.17) is 4.74 Å². The Balaban J connectivity index is 2.15. The number of carbonyl (C=O) groups excluding carboxylic acids is 1. The van der Waals surface area contributed by atoms with Gasteiger partial charge in [0.2, 0.25) is 0 Å². The van der Waals surface area contributed by atoms with Crippen LogP contribution < -0.4 is 0 Å². The lowest BCUT2D eigenvalue weighted by molar-refractivity contribution is -0.145. The molecule has 5 nitrogen and oxygen atoms in total. The van der Waals surface area contributed by atoms with E-state index in [-0.39, 0.29) is 10.4 Å². The van der Waals surface area contributed by atoms with Gasteiger partial charge in [-0.15, -0.1) is 0 Å². The number of halogens is 3. The van der Waals surface area contributed by atoms with Crippen LogP contribution in [0.1, 0.15) is 36.6 Å². The normalized spacial score (nSPS) is 13.4. The summed E-state index contributed by atoms with van der Waals surface area (Å²) in [6.07, 6.45) is -2.82. The van der Waals surface area contributed by atoms with Gasteiger partial charge in [0.15, 0.2) is 9.84 Å². The number of rotatable bonds is 5. The summed E-state index contributed by atoms with van der Waals surface area (Å²) in [6, 6.07) is 8.26. The third-order valence-electron chi connectivity index (χ3n) is 4.72. The van der Waals surface area contributed by atoms with E-state index in [1.807, 2.05) is 0 Å². The van der Waals surface area contributed by atoms with Gasteiger partial charge in [-0.25, -0.2) is 8.42 Å². The minimum atomic E-state index is -4.52. The molecular formula is C21H20F3NO4S2. The second-order valence-electron chi connectivity index (χ2n) is 7.11. The van der Waals surface area contributed by atoms with Crippen LogP contribution in [0.15, 0.2) is 57.4 Å². The molecule has 166 valence electrons. The lowest BCUT2D eigenvalue weighted by Gasteiger charge is -2.13. The van der Waals surface area contributed by atoms with Crippen LogP contribution in [0.2, 0.25) is 0 Å². The zero-order valence-electron chi connectivity index (χ0n) is 17.1. The maximum atomic E-state index is 13.3. The molecule has 0 aliphatic heterocycles. The maximum Gasteiger partial charge on any atom is 0.416 e. The predicted octanol–water partition coefficient (Wildman–Crippen LogP) is 5.45. The van der Waals surface area contributed by atoms with Crippen LogP contribution in [0.25, 0.3) is 5.52 Å². The number of fused-ring (bicyclic) bond motifs is 1. The second kappa shape index (κ2) is 8.23. The standard InChI is InChI=1S/C21H20F3NO4S2/c1-12-19(13(2)29-14(3)26)18-11-15(21(22,23)24)9-10-25(18)20(12)30-16-5-7-17(8-6-16)31(4,27)28/h5-11,13H,1-4H3. The minimum absolute atomic E-state index is 0.174. The number of hydrogen-bond donors (Lipinski definition) is 0. The SMILES string of the molecule is CC(=O)OC(C)c1c(C)c(Sc2ccc(S(C)(=O)=O)cc2)n2ccc(C(F)(F)F)cc12. The Hall–Kier alpha value is -2.46. The Labute approximate surface area is 182 Å². The van der Waals surface area contributed by atoms with E-state index in [2.05, 4.69) is 0 Å².